The summed E-state index contributed by atoms with van der Waals surface area (Å²) in [5.41, 5.74) is 0.574. The maximum absolute atomic E-state index is 11.0. The van der Waals surface area contributed by atoms with Crippen molar-refractivity contribution in [2.45, 2.75) is 28.4 Å². The van der Waals surface area contributed by atoms with Crippen LogP contribution in [0.5, 0.6) is 0 Å². The lowest BCUT2D eigenvalue weighted by Crippen LogP contribution is -2.14. The van der Waals surface area contributed by atoms with Crippen LogP contribution < -0.4 is 0 Å². The summed E-state index contributed by atoms with van der Waals surface area (Å²) in [5.74, 6) is -0.837. The lowest BCUT2D eigenvalue weighted by atomic mass is 10.2. The van der Waals surface area contributed by atoms with Gasteiger partial charge in [-0.3, -0.25) is 4.79 Å². The van der Waals surface area contributed by atoms with Crippen molar-refractivity contribution in [3.63, 3.8) is 0 Å². The lowest BCUT2D eigenvalue weighted by Gasteiger charge is -2.11. The van der Waals surface area contributed by atoms with Gasteiger partial charge >= 0.3 is 5.97 Å². The summed E-state index contributed by atoms with van der Waals surface area (Å²) in [4.78, 5) is 12.6. The maximum Gasteiger partial charge on any atom is 0.316 e. The maximum atomic E-state index is 11.0. The van der Waals surface area contributed by atoms with Crippen molar-refractivity contribution in [1.29, 1.82) is 5.26 Å². The van der Waals surface area contributed by atoms with Gasteiger partial charge in [0.05, 0.1) is 5.56 Å². The Morgan fingerprint density at radius 3 is 2.65 bits per heavy atom. The highest BCUT2D eigenvalue weighted by atomic mass is 32.2. The van der Waals surface area contributed by atoms with Crippen LogP contribution in [0.15, 0.2) is 28.0 Å². The van der Waals surface area contributed by atoms with Crippen LogP contribution in [0.1, 0.15) is 18.9 Å². The Bertz CT molecular complexity index is 454. The van der Waals surface area contributed by atoms with E-state index in [0.717, 1.165) is 9.79 Å². The van der Waals surface area contributed by atoms with Crippen molar-refractivity contribution < 1.29 is 9.90 Å². The molecule has 0 radical (unpaired) electrons. The van der Waals surface area contributed by atoms with Gasteiger partial charge < -0.3 is 5.11 Å². The van der Waals surface area contributed by atoms with Gasteiger partial charge in [0.1, 0.15) is 11.3 Å². The van der Waals surface area contributed by atoms with E-state index in [1.165, 1.54) is 23.5 Å². The van der Waals surface area contributed by atoms with E-state index in [1.807, 2.05) is 25.3 Å². The number of nitriles is 1. The van der Waals surface area contributed by atoms with Crippen LogP contribution in [0, 0.1) is 11.3 Å². The third-order valence-electron chi connectivity index (χ3n) is 2.24. The van der Waals surface area contributed by atoms with Crippen LogP contribution in [-0.4, -0.2) is 22.6 Å². The van der Waals surface area contributed by atoms with Crippen LogP contribution >= 0.6 is 23.5 Å². The summed E-state index contributed by atoms with van der Waals surface area (Å²) in [7, 11) is 0. The SMILES string of the molecule is CCC(Sc1cccc(SC)c1C#N)C(=O)O. The smallest absolute Gasteiger partial charge is 0.316 e. The second-order valence-corrected chi connectivity index (χ2v) is 5.39. The molecule has 90 valence electrons. The molecular weight excluding hydrogens is 254 g/mol. The van der Waals surface area contributed by atoms with Crippen molar-refractivity contribution >= 4 is 29.5 Å². The van der Waals surface area contributed by atoms with Gasteiger partial charge in [-0.15, -0.1) is 23.5 Å². The van der Waals surface area contributed by atoms with E-state index in [1.54, 1.807) is 6.07 Å². The third-order valence-corrected chi connectivity index (χ3v) is 4.43. The van der Waals surface area contributed by atoms with Gasteiger partial charge in [0.25, 0.3) is 0 Å². The highest BCUT2D eigenvalue weighted by molar-refractivity contribution is 8.01. The number of carboxylic acid groups (broad SMARTS) is 1. The van der Waals surface area contributed by atoms with Crippen LogP contribution in [0.4, 0.5) is 0 Å². The highest BCUT2D eigenvalue weighted by Gasteiger charge is 2.19. The average Bonchev–Trinajstić information content (AvgIpc) is 2.34. The van der Waals surface area contributed by atoms with Gasteiger partial charge in [-0.2, -0.15) is 5.26 Å². The van der Waals surface area contributed by atoms with E-state index in [4.69, 9.17) is 10.4 Å². The first-order valence-electron chi connectivity index (χ1n) is 5.10. The zero-order valence-corrected chi connectivity index (χ0v) is 11.3. The number of hydrogen-bond acceptors (Lipinski definition) is 4. The number of rotatable bonds is 5. The predicted octanol–water partition coefficient (Wildman–Crippen LogP) is 3.24. The normalized spacial score (nSPS) is 11.8. The fourth-order valence-corrected chi connectivity index (χ4v) is 2.99. The van der Waals surface area contributed by atoms with Gasteiger partial charge in [-0.05, 0) is 24.8 Å². The van der Waals surface area contributed by atoms with Gasteiger partial charge in [0.2, 0.25) is 0 Å². The summed E-state index contributed by atoms with van der Waals surface area (Å²) < 4.78 is 0. The molecule has 5 heteroatoms. The zero-order valence-electron chi connectivity index (χ0n) is 9.64. The summed E-state index contributed by atoms with van der Waals surface area (Å²) in [6.45, 7) is 1.83. The standard InChI is InChI=1S/C12H13NO2S2/c1-3-9(12(14)15)17-11-6-4-5-10(16-2)8(11)7-13/h4-6,9H,3H2,1-2H3,(H,14,15). The molecule has 0 saturated carbocycles. The van der Waals surface area contributed by atoms with Gasteiger partial charge in [-0.25, -0.2) is 0 Å². The molecule has 0 bridgehead atoms. The molecule has 0 heterocycles. The first-order valence-corrected chi connectivity index (χ1v) is 7.21. The molecule has 0 aliphatic carbocycles. The molecule has 0 aliphatic rings. The van der Waals surface area contributed by atoms with E-state index >= 15 is 0 Å². The molecule has 0 aromatic heterocycles. The molecule has 1 N–H and O–H groups in total. The van der Waals surface area contributed by atoms with E-state index in [9.17, 15) is 4.79 Å². The van der Waals surface area contributed by atoms with E-state index in [-0.39, 0.29) is 0 Å². The van der Waals surface area contributed by atoms with Crippen LogP contribution in [0.25, 0.3) is 0 Å². The Labute approximate surface area is 109 Å². The second kappa shape index (κ2) is 6.58. The first-order chi connectivity index (χ1) is 8.13. The number of nitrogens with zero attached hydrogens (tertiary/aromatic N) is 1. The Morgan fingerprint density at radius 2 is 2.18 bits per heavy atom. The second-order valence-electron chi connectivity index (χ2n) is 3.30. The quantitative estimate of drug-likeness (QED) is 0.830. The van der Waals surface area contributed by atoms with Gasteiger partial charge in [-0.1, -0.05) is 13.0 Å². The molecule has 0 aliphatic heterocycles. The molecule has 1 unspecified atom stereocenters. The van der Waals surface area contributed by atoms with Crippen LogP contribution in [0.2, 0.25) is 0 Å². The summed E-state index contributed by atoms with van der Waals surface area (Å²) in [6.07, 6.45) is 2.44. The molecule has 1 rings (SSSR count). The summed E-state index contributed by atoms with van der Waals surface area (Å²) in [6, 6.07) is 7.67. The van der Waals surface area contributed by atoms with Crippen molar-refractivity contribution in [2.75, 3.05) is 6.26 Å². The summed E-state index contributed by atoms with van der Waals surface area (Å²) in [5, 5.41) is 17.6. The predicted molar refractivity (Wildman–Crippen MR) is 70.5 cm³/mol. The molecule has 17 heavy (non-hydrogen) atoms. The van der Waals surface area contributed by atoms with Crippen molar-refractivity contribution in [2.24, 2.45) is 0 Å². The average molecular weight is 267 g/mol. The van der Waals surface area contributed by atoms with Gasteiger partial charge in [0, 0.05) is 9.79 Å². The molecule has 0 fully saturated rings. The van der Waals surface area contributed by atoms with Crippen LogP contribution in [0.3, 0.4) is 0 Å². The molecule has 1 aromatic rings. The fourth-order valence-electron chi connectivity index (χ4n) is 1.35. The Balaban J connectivity index is 3.06. The number of thioether (sulfide) groups is 2. The minimum Gasteiger partial charge on any atom is -0.480 e. The van der Waals surface area contributed by atoms with E-state index < -0.39 is 11.2 Å². The Kier molecular flexibility index (Phi) is 5.39. The van der Waals surface area contributed by atoms with Crippen molar-refractivity contribution in [1.82, 2.24) is 0 Å². The minimum atomic E-state index is -0.837. The molecule has 3 nitrogen and oxygen atoms in total. The topological polar surface area (TPSA) is 61.1 Å². The van der Waals surface area contributed by atoms with E-state index in [2.05, 4.69) is 6.07 Å². The van der Waals surface area contributed by atoms with Crippen molar-refractivity contribution in [3.8, 4) is 6.07 Å². The number of aliphatic carboxylic acids is 1. The van der Waals surface area contributed by atoms with Gasteiger partial charge in [0.15, 0.2) is 0 Å². The minimum absolute atomic E-state index is 0.501. The largest absolute Gasteiger partial charge is 0.480 e. The summed E-state index contributed by atoms with van der Waals surface area (Å²) >= 11 is 2.74. The van der Waals surface area contributed by atoms with Crippen molar-refractivity contribution in [3.05, 3.63) is 23.8 Å². The number of carboxylic acids is 1. The number of carbonyl (C=O) groups is 1. The molecule has 0 amide bonds. The lowest BCUT2D eigenvalue weighted by molar-refractivity contribution is -0.136. The Hall–Kier alpha value is -1.12. The fraction of sp³-hybridized carbons (Fsp3) is 0.333. The Morgan fingerprint density at radius 1 is 1.53 bits per heavy atom. The number of benzene rings is 1. The third kappa shape index (κ3) is 3.42. The van der Waals surface area contributed by atoms with Crippen LogP contribution in [-0.2, 0) is 4.79 Å². The van der Waals surface area contributed by atoms with E-state index in [0.29, 0.717) is 12.0 Å². The molecular formula is C12H13NO2S2. The molecule has 1 aromatic carbocycles. The highest BCUT2D eigenvalue weighted by Crippen LogP contribution is 2.33. The monoisotopic (exact) mass is 267 g/mol. The molecule has 0 saturated heterocycles. The zero-order chi connectivity index (χ0) is 12.8. The first kappa shape index (κ1) is 13.9. The molecule has 1 atom stereocenters. The number of hydrogen-bond donors (Lipinski definition) is 1. The molecule has 0 spiro atoms.